The van der Waals surface area contributed by atoms with E-state index in [1.807, 2.05) is 31.2 Å². The van der Waals surface area contributed by atoms with Crippen molar-refractivity contribution < 1.29 is 4.74 Å². The van der Waals surface area contributed by atoms with Crippen LogP contribution in [0.2, 0.25) is 0 Å². The van der Waals surface area contributed by atoms with Gasteiger partial charge in [-0.15, -0.1) is 11.3 Å². The third kappa shape index (κ3) is 2.45. The second-order valence-electron chi connectivity index (χ2n) is 3.53. The number of hydrogen-bond donors (Lipinski definition) is 1. The lowest BCUT2D eigenvalue weighted by Crippen LogP contribution is -2.08. The molecule has 3 nitrogen and oxygen atoms in total. The van der Waals surface area contributed by atoms with Crippen molar-refractivity contribution in [3.05, 3.63) is 34.8 Å². The highest BCUT2D eigenvalue weighted by atomic mass is 32.1. The van der Waals surface area contributed by atoms with Gasteiger partial charge < -0.3 is 10.5 Å². The maximum atomic E-state index is 5.64. The van der Waals surface area contributed by atoms with Crippen LogP contribution < -0.4 is 10.5 Å². The van der Waals surface area contributed by atoms with Crippen LogP contribution in [0.4, 0.5) is 0 Å². The average Bonchev–Trinajstić information content (AvgIpc) is 2.71. The molecular formula is C12H12N2OS2. The zero-order chi connectivity index (χ0) is 12.4. The number of hydrogen-bond acceptors (Lipinski definition) is 4. The quantitative estimate of drug-likeness (QED) is 0.866. The molecule has 0 bridgehead atoms. The molecule has 2 aromatic rings. The molecule has 0 radical (unpaired) electrons. The van der Waals surface area contributed by atoms with Gasteiger partial charge in [-0.05, 0) is 19.1 Å². The van der Waals surface area contributed by atoms with Crippen molar-refractivity contribution in [2.24, 2.45) is 5.73 Å². The monoisotopic (exact) mass is 264 g/mol. The lowest BCUT2D eigenvalue weighted by molar-refractivity contribution is 0.415. The lowest BCUT2D eigenvalue weighted by Gasteiger charge is -2.00. The van der Waals surface area contributed by atoms with Gasteiger partial charge in [0.15, 0.2) is 0 Å². The molecule has 17 heavy (non-hydrogen) atoms. The first kappa shape index (κ1) is 12.0. The number of thiocarbonyl (C=S) groups is 1. The van der Waals surface area contributed by atoms with E-state index in [2.05, 4.69) is 4.98 Å². The number of nitrogens with two attached hydrogens (primary N) is 1. The summed E-state index contributed by atoms with van der Waals surface area (Å²) < 4.78 is 5.19. The van der Waals surface area contributed by atoms with Crippen molar-refractivity contribution in [1.29, 1.82) is 0 Å². The first-order valence-electron chi connectivity index (χ1n) is 5.03. The van der Waals surface area contributed by atoms with E-state index in [1.54, 1.807) is 7.11 Å². The van der Waals surface area contributed by atoms with Crippen molar-refractivity contribution in [1.82, 2.24) is 4.98 Å². The van der Waals surface area contributed by atoms with Crippen LogP contribution in [-0.4, -0.2) is 17.1 Å². The molecule has 0 fully saturated rings. The van der Waals surface area contributed by atoms with Crippen LogP contribution in [0.25, 0.3) is 10.6 Å². The minimum Gasteiger partial charge on any atom is -0.497 e. The van der Waals surface area contributed by atoms with Gasteiger partial charge in [0, 0.05) is 5.56 Å². The molecule has 2 N–H and O–H groups in total. The van der Waals surface area contributed by atoms with E-state index in [-0.39, 0.29) is 0 Å². The number of nitrogens with zero attached hydrogens (tertiary/aromatic N) is 1. The van der Waals surface area contributed by atoms with Gasteiger partial charge in [-0.2, -0.15) is 0 Å². The first-order valence-corrected chi connectivity index (χ1v) is 6.26. The fourth-order valence-corrected chi connectivity index (χ4v) is 2.69. The average molecular weight is 264 g/mol. The van der Waals surface area contributed by atoms with Crippen LogP contribution in [0, 0.1) is 6.92 Å². The summed E-state index contributed by atoms with van der Waals surface area (Å²) in [7, 11) is 1.65. The van der Waals surface area contributed by atoms with Crippen LogP contribution in [-0.2, 0) is 0 Å². The van der Waals surface area contributed by atoms with E-state index in [0.29, 0.717) is 4.99 Å². The molecule has 1 heterocycles. The Labute approximate surface area is 109 Å². The SMILES string of the molecule is COc1cccc(-c2nc(C)c(C(N)=S)s2)c1. The molecule has 0 saturated heterocycles. The summed E-state index contributed by atoms with van der Waals surface area (Å²) in [5, 5.41) is 0.907. The first-order chi connectivity index (χ1) is 8.11. The molecule has 0 saturated carbocycles. The maximum absolute atomic E-state index is 5.64. The van der Waals surface area contributed by atoms with E-state index >= 15 is 0 Å². The summed E-state index contributed by atoms with van der Waals surface area (Å²) in [5.74, 6) is 0.812. The summed E-state index contributed by atoms with van der Waals surface area (Å²) in [4.78, 5) is 5.74. The van der Waals surface area contributed by atoms with E-state index in [1.165, 1.54) is 11.3 Å². The summed E-state index contributed by atoms with van der Waals surface area (Å²) in [6.45, 7) is 1.91. The Bertz CT molecular complexity index is 563. The molecule has 2 rings (SSSR count). The van der Waals surface area contributed by atoms with Crippen LogP contribution in [0.5, 0.6) is 5.75 Å². The normalized spacial score (nSPS) is 10.2. The second kappa shape index (κ2) is 4.81. The lowest BCUT2D eigenvalue weighted by atomic mass is 10.2. The number of ether oxygens (including phenoxy) is 1. The van der Waals surface area contributed by atoms with Crippen molar-refractivity contribution in [3.8, 4) is 16.3 Å². The Morgan fingerprint density at radius 3 is 2.82 bits per heavy atom. The van der Waals surface area contributed by atoms with Gasteiger partial charge in [-0.25, -0.2) is 4.98 Å². The predicted octanol–water partition coefficient (Wildman–Crippen LogP) is 2.76. The fourth-order valence-electron chi connectivity index (χ4n) is 1.50. The van der Waals surface area contributed by atoms with Gasteiger partial charge in [0.2, 0.25) is 0 Å². The third-order valence-electron chi connectivity index (χ3n) is 2.34. The van der Waals surface area contributed by atoms with Crippen LogP contribution in [0.1, 0.15) is 10.6 Å². The highest BCUT2D eigenvalue weighted by Gasteiger charge is 2.11. The summed E-state index contributed by atoms with van der Waals surface area (Å²) in [6, 6.07) is 7.77. The summed E-state index contributed by atoms with van der Waals surface area (Å²) in [6.07, 6.45) is 0. The van der Waals surface area contributed by atoms with Crippen molar-refractivity contribution >= 4 is 28.5 Å². The second-order valence-corrected chi connectivity index (χ2v) is 4.97. The van der Waals surface area contributed by atoms with E-state index in [9.17, 15) is 0 Å². The van der Waals surface area contributed by atoms with Crippen molar-refractivity contribution in [2.45, 2.75) is 6.92 Å². The number of methoxy groups -OCH3 is 1. The minimum atomic E-state index is 0.397. The molecule has 0 aliphatic carbocycles. The largest absolute Gasteiger partial charge is 0.497 e. The number of aryl methyl sites for hydroxylation is 1. The van der Waals surface area contributed by atoms with E-state index in [0.717, 1.165) is 26.9 Å². The highest BCUT2D eigenvalue weighted by molar-refractivity contribution is 7.81. The Kier molecular flexibility index (Phi) is 3.40. The molecule has 1 aromatic heterocycles. The third-order valence-corrected chi connectivity index (χ3v) is 3.91. The van der Waals surface area contributed by atoms with Crippen LogP contribution in [0.15, 0.2) is 24.3 Å². The van der Waals surface area contributed by atoms with Gasteiger partial charge in [0.25, 0.3) is 0 Å². The Morgan fingerprint density at radius 2 is 2.24 bits per heavy atom. The van der Waals surface area contributed by atoms with Gasteiger partial charge >= 0.3 is 0 Å². The van der Waals surface area contributed by atoms with Crippen LogP contribution >= 0.6 is 23.6 Å². The maximum Gasteiger partial charge on any atom is 0.124 e. The zero-order valence-corrected chi connectivity index (χ0v) is 11.2. The van der Waals surface area contributed by atoms with Gasteiger partial charge in [0.05, 0.1) is 17.7 Å². The predicted molar refractivity (Wildman–Crippen MR) is 74.7 cm³/mol. The standard InChI is InChI=1S/C12H12N2OS2/c1-7-10(11(13)16)17-12(14-7)8-4-3-5-9(6-8)15-2/h3-6H,1-2H3,(H2,13,16). The van der Waals surface area contributed by atoms with Gasteiger partial charge in [-0.1, -0.05) is 24.4 Å². The number of benzene rings is 1. The molecule has 88 valence electrons. The minimum absolute atomic E-state index is 0.397. The molecule has 0 amide bonds. The molecule has 0 aliphatic rings. The van der Waals surface area contributed by atoms with E-state index in [4.69, 9.17) is 22.7 Å². The molecular weight excluding hydrogens is 252 g/mol. The summed E-state index contributed by atoms with van der Waals surface area (Å²) in [5.41, 5.74) is 7.53. The number of rotatable bonds is 3. The van der Waals surface area contributed by atoms with Crippen molar-refractivity contribution in [3.63, 3.8) is 0 Å². The number of thiazole rings is 1. The molecule has 0 aliphatic heterocycles. The Morgan fingerprint density at radius 1 is 1.47 bits per heavy atom. The fraction of sp³-hybridized carbons (Fsp3) is 0.167. The summed E-state index contributed by atoms with van der Waals surface area (Å²) >= 11 is 6.49. The van der Waals surface area contributed by atoms with Gasteiger partial charge in [-0.3, -0.25) is 0 Å². The van der Waals surface area contributed by atoms with Gasteiger partial charge in [0.1, 0.15) is 15.7 Å². The van der Waals surface area contributed by atoms with E-state index < -0.39 is 0 Å². The van der Waals surface area contributed by atoms with Crippen molar-refractivity contribution in [2.75, 3.05) is 7.11 Å². The highest BCUT2D eigenvalue weighted by Crippen LogP contribution is 2.29. The Hall–Kier alpha value is -1.46. The topological polar surface area (TPSA) is 48.1 Å². The molecule has 1 aromatic carbocycles. The molecule has 5 heteroatoms. The zero-order valence-electron chi connectivity index (χ0n) is 9.56. The molecule has 0 unspecified atom stereocenters. The Balaban J connectivity index is 2.46. The smallest absolute Gasteiger partial charge is 0.124 e. The molecule has 0 spiro atoms. The molecule has 0 atom stereocenters. The number of aromatic nitrogens is 1. The van der Waals surface area contributed by atoms with Crippen LogP contribution in [0.3, 0.4) is 0 Å².